The molecular weight excluding hydrogens is 427 g/mol. The number of benzene rings is 3. The maximum Gasteiger partial charge on any atom is 0.131 e. The minimum absolute atomic E-state index is 0.333. The highest BCUT2D eigenvalue weighted by atomic mass is 19.1. The van der Waals surface area contributed by atoms with Gasteiger partial charge in [0.2, 0.25) is 0 Å². The average Bonchev–Trinajstić information content (AvgIpc) is 3.31. The maximum atomic E-state index is 14.4. The van der Waals surface area contributed by atoms with Gasteiger partial charge in [-0.05, 0) is 55.8 Å². The van der Waals surface area contributed by atoms with Gasteiger partial charge in [0.05, 0.1) is 22.8 Å². The lowest BCUT2D eigenvalue weighted by Gasteiger charge is -2.19. The number of nitrogen functional groups attached to an aromatic ring is 2. The highest BCUT2D eigenvalue weighted by Gasteiger charge is 2.31. The van der Waals surface area contributed by atoms with Crippen molar-refractivity contribution in [3.05, 3.63) is 119 Å². The Morgan fingerprint density at radius 2 is 1.15 bits per heavy atom. The molecule has 0 saturated heterocycles. The monoisotopic (exact) mass is 452 g/mol. The molecule has 0 radical (unpaired) electrons. The summed E-state index contributed by atoms with van der Waals surface area (Å²) < 4.78 is 17.8. The summed E-state index contributed by atoms with van der Waals surface area (Å²) in [5.74, 6) is 0.167. The molecule has 0 bridgehead atoms. The number of nitrogens with zero attached hydrogens (tertiary/aromatic N) is 4. The van der Waals surface area contributed by atoms with Gasteiger partial charge in [0.15, 0.2) is 0 Å². The second-order valence-electron chi connectivity index (χ2n) is 8.25. The van der Waals surface area contributed by atoms with Crippen molar-refractivity contribution in [1.29, 1.82) is 0 Å². The molecule has 2 heterocycles. The molecule has 3 aromatic carbocycles. The van der Waals surface area contributed by atoms with Crippen LogP contribution in [0.1, 0.15) is 34.0 Å². The van der Waals surface area contributed by atoms with Crippen LogP contribution in [0.5, 0.6) is 0 Å². The first-order chi connectivity index (χ1) is 16.5. The Bertz CT molecular complexity index is 1360. The first kappa shape index (κ1) is 21.5. The molecule has 2 aromatic heterocycles. The van der Waals surface area contributed by atoms with Crippen LogP contribution in [0, 0.1) is 19.7 Å². The molecule has 34 heavy (non-hydrogen) atoms. The van der Waals surface area contributed by atoms with E-state index in [4.69, 9.17) is 21.7 Å². The van der Waals surface area contributed by atoms with E-state index in [1.807, 2.05) is 80.6 Å². The van der Waals surface area contributed by atoms with Crippen molar-refractivity contribution in [3.8, 4) is 11.4 Å². The van der Waals surface area contributed by atoms with Crippen molar-refractivity contribution >= 4 is 11.6 Å². The Hall–Kier alpha value is -4.39. The molecule has 5 aromatic rings. The van der Waals surface area contributed by atoms with Gasteiger partial charge in [-0.3, -0.25) is 0 Å². The van der Waals surface area contributed by atoms with Crippen molar-refractivity contribution in [1.82, 2.24) is 19.6 Å². The number of halogens is 1. The molecule has 0 unspecified atom stereocenters. The van der Waals surface area contributed by atoms with Gasteiger partial charge in [-0.25, -0.2) is 13.8 Å². The van der Waals surface area contributed by atoms with Crippen molar-refractivity contribution in [2.24, 2.45) is 0 Å². The van der Waals surface area contributed by atoms with E-state index in [0.717, 1.165) is 39.5 Å². The van der Waals surface area contributed by atoms with Crippen molar-refractivity contribution in [3.63, 3.8) is 0 Å². The standard InChI is InChI=1S/C27H25FN6/c1-17-23(26(29)33(31-17)21-12-5-3-6-13-21)25(19-10-9-11-20(28)16-19)24-18(2)32-34(27(24)30)22-14-7-4-8-15-22/h3-16,25H,29-30H2,1-2H3. The molecule has 0 saturated carbocycles. The zero-order chi connectivity index (χ0) is 23.8. The van der Waals surface area contributed by atoms with E-state index in [1.165, 1.54) is 12.1 Å². The molecule has 7 heteroatoms. The van der Waals surface area contributed by atoms with E-state index in [9.17, 15) is 4.39 Å². The summed E-state index contributed by atoms with van der Waals surface area (Å²) in [5, 5.41) is 9.46. The summed E-state index contributed by atoms with van der Waals surface area (Å²) in [5.41, 5.74) is 18.9. The van der Waals surface area contributed by atoms with E-state index >= 15 is 0 Å². The summed E-state index contributed by atoms with van der Waals surface area (Å²) in [7, 11) is 0. The Kier molecular flexibility index (Phi) is 5.37. The predicted octanol–water partition coefficient (Wildman–Crippen LogP) is 5.16. The van der Waals surface area contributed by atoms with E-state index in [2.05, 4.69) is 0 Å². The van der Waals surface area contributed by atoms with Crippen molar-refractivity contribution in [2.75, 3.05) is 11.5 Å². The van der Waals surface area contributed by atoms with Crippen LogP contribution in [-0.2, 0) is 0 Å². The molecule has 0 amide bonds. The van der Waals surface area contributed by atoms with Crippen LogP contribution in [0.2, 0.25) is 0 Å². The summed E-state index contributed by atoms with van der Waals surface area (Å²) in [6, 6.07) is 25.9. The Morgan fingerprint density at radius 1 is 0.676 bits per heavy atom. The summed E-state index contributed by atoms with van der Waals surface area (Å²) >= 11 is 0. The minimum Gasteiger partial charge on any atom is -0.383 e. The van der Waals surface area contributed by atoms with Crippen LogP contribution in [0.25, 0.3) is 11.4 Å². The quantitative estimate of drug-likeness (QED) is 0.386. The third-order valence-corrected chi connectivity index (χ3v) is 6.05. The van der Waals surface area contributed by atoms with Crippen LogP contribution in [0.3, 0.4) is 0 Å². The summed E-state index contributed by atoms with van der Waals surface area (Å²) in [4.78, 5) is 0. The van der Waals surface area contributed by atoms with Gasteiger partial charge >= 0.3 is 0 Å². The fourth-order valence-corrected chi connectivity index (χ4v) is 4.52. The molecule has 6 nitrogen and oxygen atoms in total. The van der Waals surface area contributed by atoms with Gasteiger partial charge in [-0.1, -0.05) is 48.5 Å². The molecule has 0 spiro atoms. The third-order valence-electron chi connectivity index (χ3n) is 6.05. The largest absolute Gasteiger partial charge is 0.383 e. The lowest BCUT2D eigenvalue weighted by Crippen LogP contribution is -2.11. The van der Waals surface area contributed by atoms with Crippen LogP contribution >= 0.6 is 0 Å². The smallest absolute Gasteiger partial charge is 0.131 e. The van der Waals surface area contributed by atoms with Crippen LogP contribution < -0.4 is 11.5 Å². The predicted molar refractivity (Wildman–Crippen MR) is 133 cm³/mol. The third kappa shape index (κ3) is 3.61. The first-order valence-electron chi connectivity index (χ1n) is 11.0. The zero-order valence-corrected chi connectivity index (χ0v) is 19.0. The van der Waals surface area contributed by atoms with E-state index in [-0.39, 0.29) is 5.82 Å². The van der Waals surface area contributed by atoms with Crippen LogP contribution in [0.4, 0.5) is 16.0 Å². The highest BCUT2D eigenvalue weighted by molar-refractivity contribution is 5.63. The van der Waals surface area contributed by atoms with Gasteiger partial charge in [-0.2, -0.15) is 10.2 Å². The Labute approximate surface area is 197 Å². The molecule has 5 rings (SSSR count). The van der Waals surface area contributed by atoms with Gasteiger partial charge in [0, 0.05) is 17.0 Å². The van der Waals surface area contributed by atoms with E-state index in [0.29, 0.717) is 11.6 Å². The lowest BCUT2D eigenvalue weighted by molar-refractivity contribution is 0.625. The Balaban J connectivity index is 1.76. The van der Waals surface area contributed by atoms with E-state index < -0.39 is 5.92 Å². The molecule has 0 aliphatic heterocycles. The number of para-hydroxylation sites is 2. The van der Waals surface area contributed by atoms with Gasteiger partial charge in [0.1, 0.15) is 17.5 Å². The van der Waals surface area contributed by atoms with Gasteiger partial charge in [-0.15, -0.1) is 0 Å². The van der Waals surface area contributed by atoms with E-state index in [1.54, 1.807) is 15.4 Å². The molecule has 0 atom stereocenters. The molecular formula is C27H25FN6. The normalized spacial score (nSPS) is 11.3. The average molecular weight is 453 g/mol. The highest BCUT2D eigenvalue weighted by Crippen LogP contribution is 2.42. The van der Waals surface area contributed by atoms with Gasteiger partial charge < -0.3 is 11.5 Å². The SMILES string of the molecule is Cc1nn(-c2ccccc2)c(N)c1C(c1cccc(F)c1)c1c(C)nn(-c2ccccc2)c1N. The van der Waals surface area contributed by atoms with Crippen molar-refractivity contribution < 1.29 is 4.39 Å². The number of hydrogen-bond donors (Lipinski definition) is 2. The molecule has 0 fully saturated rings. The zero-order valence-electron chi connectivity index (χ0n) is 19.0. The van der Waals surface area contributed by atoms with Crippen molar-refractivity contribution in [2.45, 2.75) is 19.8 Å². The maximum absolute atomic E-state index is 14.4. The van der Waals surface area contributed by atoms with Crippen LogP contribution in [0.15, 0.2) is 84.9 Å². The number of aromatic nitrogens is 4. The first-order valence-corrected chi connectivity index (χ1v) is 11.0. The number of anilines is 2. The number of nitrogens with two attached hydrogens (primary N) is 2. The van der Waals surface area contributed by atoms with Gasteiger partial charge in [0.25, 0.3) is 0 Å². The number of hydrogen-bond acceptors (Lipinski definition) is 4. The van der Waals surface area contributed by atoms with Crippen LogP contribution in [-0.4, -0.2) is 19.6 Å². The second-order valence-corrected chi connectivity index (χ2v) is 8.25. The molecule has 4 N–H and O–H groups in total. The summed E-state index contributed by atoms with van der Waals surface area (Å²) in [6.45, 7) is 3.81. The Morgan fingerprint density at radius 3 is 1.59 bits per heavy atom. The molecule has 0 aliphatic rings. The fraction of sp³-hybridized carbons (Fsp3) is 0.111. The fourth-order valence-electron chi connectivity index (χ4n) is 4.52. The molecule has 0 aliphatic carbocycles. The minimum atomic E-state index is -0.453. The topological polar surface area (TPSA) is 87.7 Å². The lowest BCUT2D eigenvalue weighted by atomic mass is 9.84. The molecule has 170 valence electrons. The number of aryl methyl sites for hydroxylation is 2. The second kappa shape index (κ2) is 8.51. The summed E-state index contributed by atoms with van der Waals surface area (Å²) in [6.07, 6.45) is 0. The number of rotatable bonds is 5.